The summed E-state index contributed by atoms with van der Waals surface area (Å²) >= 11 is 0. The normalized spacial score (nSPS) is 9.74. The van der Waals surface area contributed by atoms with Crippen molar-refractivity contribution in [2.45, 2.75) is 33.1 Å². The van der Waals surface area contributed by atoms with Crippen LogP contribution in [0.4, 0.5) is 0 Å². The van der Waals surface area contributed by atoms with E-state index in [0.717, 1.165) is 23.3 Å². The molecule has 0 amide bonds. The molecule has 0 spiro atoms. The van der Waals surface area contributed by atoms with Gasteiger partial charge in [0.05, 0.1) is 6.61 Å². The molecule has 0 aromatic heterocycles. The first kappa shape index (κ1) is 15.1. The highest BCUT2D eigenvalue weighted by Crippen LogP contribution is 2.21. The van der Waals surface area contributed by atoms with Crippen molar-refractivity contribution >= 4 is 5.97 Å². The van der Waals surface area contributed by atoms with Gasteiger partial charge in [-0.05, 0) is 37.0 Å². The monoisotopic (exact) mass is 260 g/mol. The molecule has 0 unspecified atom stereocenters. The van der Waals surface area contributed by atoms with Crippen molar-refractivity contribution in [2.75, 3.05) is 13.2 Å². The molecule has 0 atom stereocenters. The molecule has 3 nitrogen and oxygen atoms in total. The molecule has 0 radical (unpaired) electrons. The van der Waals surface area contributed by atoms with Crippen LogP contribution in [0.5, 0.6) is 5.75 Å². The summed E-state index contributed by atoms with van der Waals surface area (Å²) in [4.78, 5) is 11.3. The Labute approximate surface area is 114 Å². The number of hydrogen-bond acceptors (Lipinski definition) is 3. The minimum Gasteiger partial charge on any atom is -0.481 e. The van der Waals surface area contributed by atoms with Crippen molar-refractivity contribution in [1.29, 1.82) is 0 Å². The summed E-state index contributed by atoms with van der Waals surface area (Å²) in [7, 11) is 0. The van der Waals surface area contributed by atoms with Crippen LogP contribution in [-0.2, 0) is 22.4 Å². The number of ether oxygens (including phenoxy) is 2. The summed E-state index contributed by atoms with van der Waals surface area (Å²) in [6.07, 6.45) is 7.14. The lowest BCUT2D eigenvalue weighted by molar-refractivity contribution is -0.143. The highest BCUT2D eigenvalue weighted by molar-refractivity contribution is 5.69. The molecule has 0 aliphatic carbocycles. The van der Waals surface area contributed by atoms with E-state index in [9.17, 15) is 4.79 Å². The van der Waals surface area contributed by atoms with Crippen molar-refractivity contribution in [3.8, 4) is 18.1 Å². The van der Waals surface area contributed by atoms with Crippen molar-refractivity contribution in [2.24, 2.45) is 0 Å². The molecule has 1 rings (SSSR count). The number of carbonyl (C=O) groups excluding carboxylic acids is 1. The van der Waals surface area contributed by atoms with E-state index in [-0.39, 0.29) is 12.6 Å². The fourth-order valence-corrected chi connectivity index (χ4v) is 1.80. The number of aryl methyl sites for hydroxylation is 2. The molecule has 1 aromatic rings. The topological polar surface area (TPSA) is 35.5 Å². The van der Waals surface area contributed by atoms with Gasteiger partial charge in [0, 0.05) is 6.42 Å². The molecule has 0 aliphatic heterocycles. The predicted molar refractivity (Wildman–Crippen MR) is 75.1 cm³/mol. The molecule has 0 saturated heterocycles. The van der Waals surface area contributed by atoms with Crippen molar-refractivity contribution in [1.82, 2.24) is 0 Å². The van der Waals surface area contributed by atoms with Crippen LogP contribution in [0.25, 0.3) is 0 Å². The summed E-state index contributed by atoms with van der Waals surface area (Å²) in [5.74, 6) is 3.11. The fraction of sp³-hybridized carbons (Fsp3) is 0.438. The van der Waals surface area contributed by atoms with Crippen LogP contribution < -0.4 is 4.74 Å². The third-order valence-corrected chi connectivity index (χ3v) is 2.74. The zero-order chi connectivity index (χ0) is 14.1. The van der Waals surface area contributed by atoms with Crippen molar-refractivity contribution in [3.63, 3.8) is 0 Å². The van der Waals surface area contributed by atoms with Gasteiger partial charge in [0.2, 0.25) is 0 Å². The van der Waals surface area contributed by atoms with E-state index in [1.807, 2.05) is 19.1 Å². The van der Waals surface area contributed by atoms with Crippen LogP contribution in [-0.4, -0.2) is 19.2 Å². The number of esters is 1. The molecule has 0 saturated carbocycles. The second-order valence-corrected chi connectivity index (χ2v) is 4.09. The smallest absolute Gasteiger partial charge is 0.306 e. The molecule has 19 heavy (non-hydrogen) atoms. The van der Waals surface area contributed by atoms with E-state index >= 15 is 0 Å². The Bertz CT molecular complexity index is 458. The van der Waals surface area contributed by atoms with Gasteiger partial charge in [-0.3, -0.25) is 4.79 Å². The Morgan fingerprint density at radius 3 is 2.79 bits per heavy atom. The van der Waals surface area contributed by atoms with E-state index in [0.29, 0.717) is 19.4 Å². The SMILES string of the molecule is C#CCOc1ccc(CCC(=O)OCC)cc1CC. The number of carbonyl (C=O) groups is 1. The van der Waals surface area contributed by atoms with E-state index in [2.05, 4.69) is 18.9 Å². The minimum absolute atomic E-state index is 0.159. The van der Waals surface area contributed by atoms with Gasteiger partial charge >= 0.3 is 5.97 Å². The van der Waals surface area contributed by atoms with Crippen LogP contribution in [0.3, 0.4) is 0 Å². The number of rotatable bonds is 7. The summed E-state index contributed by atoms with van der Waals surface area (Å²) in [6.45, 7) is 4.57. The Morgan fingerprint density at radius 1 is 1.37 bits per heavy atom. The molecular formula is C16H20O3. The van der Waals surface area contributed by atoms with Gasteiger partial charge in [-0.2, -0.15) is 0 Å². The van der Waals surface area contributed by atoms with Gasteiger partial charge < -0.3 is 9.47 Å². The van der Waals surface area contributed by atoms with Gasteiger partial charge in [-0.15, -0.1) is 6.42 Å². The van der Waals surface area contributed by atoms with Gasteiger partial charge in [0.15, 0.2) is 0 Å². The van der Waals surface area contributed by atoms with E-state index in [4.69, 9.17) is 15.9 Å². The maximum absolute atomic E-state index is 11.3. The predicted octanol–water partition coefficient (Wildman–Crippen LogP) is 2.76. The zero-order valence-electron chi connectivity index (χ0n) is 11.6. The fourth-order valence-electron chi connectivity index (χ4n) is 1.80. The minimum atomic E-state index is -0.159. The van der Waals surface area contributed by atoms with Gasteiger partial charge in [0.1, 0.15) is 12.4 Å². The lowest BCUT2D eigenvalue weighted by atomic mass is 10.0. The molecular weight excluding hydrogens is 240 g/mol. The van der Waals surface area contributed by atoms with Gasteiger partial charge in [-0.25, -0.2) is 0 Å². The number of benzene rings is 1. The second kappa shape index (κ2) is 8.20. The first-order valence-electron chi connectivity index (χ1n) is 6.54. The molecule has 0 aliphatic rings. The Kier molecular flexibility index (Phi) is 6.52. The third-order valence-electron chi connectivity index (χ3n) is 2.74. The Balaban J connectivity index is 2.66. The second-order valence-electron chi connectivity index (χ2n) is 4.09. The lowest BCUT2D eigenvalue weighted by Gasteiger charge is -2.10. The van der Waals surface area contributed by atoms with Gasteiger partial charge in [-0.1, -0.05) is 25.0 Å². The third kappa shape index (κ3) is 5.05. The molecule has 102 valence electrons. The summed E-state index contributed by atoms with van der Waals surface area (Å²) in [6, 6.07) is 5.94. The summed E-state index contributed by atoms with van der Waals surface area (Å²) in [5.41, 5.74) is 2.22. The average molecular weight is 260 g/mol. The highest BCUT2D eigenvalue weighted by atomic mass is 16.5. The average Bonchev–Trinajstić information content (AvgIpc) is 2.43. The molecule has 3 heteroatoms. The molecule has 0 fully saturated rings. The van der Waals surface area contributed by atoms with E-state index in [1.165, 1.54) is 0 Å². The first-order valence-corrected chi connectivity index (χ1v) is 6.54. The lowest BCUT2D eigenvalue weighted by Crippen LogP contribution is -2.05. The van der Waals surface area contributed by atoms with Crippen molar-refractivity contribution < 1.29 is 14.3 Å². The van der Waals surface area contributed by atoms with Gasteiger partial charge in [0.25, 0.3) is 0 Å². The molecule has 1 aromatic carbocycles. The first-order chi connectivity index (χ1) is 9.21. The maximum atomic E-state index is 11.3. The van der Waals surface area contributed by atoms with E-state index < -0.39 is 0 Å². The van der Waals surface area contributed by atoms with Crippen LogP contribution in [0.2, 0.25) is 0 Å². The molecule has 0 bridgehead atoms. The number of hydrogen-bond donors (Lipinski definition) is 0. The van der Waals surface area contributed by atoms with Crippen molar-refractivity contribution in [3.05, 3.63) is 29.3 Å². The van der Waals surface area contributed by atoms with Crippen LogP contribution >= 0.6 is 0 Å². The largest absolute Gasteiger partial charge is 0.481 e. The highest BCUT2D eigenvalue weighted by Gasteiger charge is 2.06. The summed E-state index contributed by atoms with van der Waals surface area (Å²) in [5, 5.41) is 0. The maximum Gasteiger partial charge on any atom is 0.306 e. The van der Waals surface area contributed by atoms with Crippen LogP contribution in [0, 0.1) is 12.3 Å². The van der Waals surface area contributed by atoms with E-state index in [1.54, 1.807) is 0 Å². The quantitative estimate of drug-likeness (QED) is 0.558. The van der Waals surface area contributed by atoms with Crippen LogP contribution in [0.15, 0.2) is 18.2 Å². The standard InChI is InChI=1S/C16H20O3/c1-4-11-19-15-9-7-13(12-14(15)5-2)8-10-16(17)18-6-3/h1,7,9,12H,5-6,8,10-11H2,2-3H3. The Morgan fingerprint density at radius 2 is 2.16 bits per heavy atom. The zero-order valence-corrected chi connectivity index (χ0v) is 11.6. The van der Waals surface area contributed by atoms with Crippen LogP contribution in [0.1, 0.15) is 31.4 Å². The molecule has 0 N–H and O–H groups in total. The Hall–Kier alpha value is -1.95. The number of terminal acetylenes is 1. The summed E-state index contributed by atoms with van der Waals surface area (Å²) < 4.78 is 10.4. The molecule has 0 heterocycles.